The third kappa shape index (κ3) is 3.60. The van der Waals surface area contributed by atoms with E-state index in [1.165, 1.54) is 12.8 Å². The molecule has 0 unspecified atom stereocenters. The van der Waals surface area contributed by atoms with Gasteiger partial charge >= 0.3 is 0 Å². The van der Waals surface area contributed by atoms with E-state index >= 15 is 0 Å². The molecule has 76 valence electrons. The van der Waals surface area contributed by atoms with Crippen molar-refractivity contribution in [2.45, 2.75) is 33.2 Å². The van der Waals surface area contributed by atoms with Crippen molar-refractivity contribution >= 4 is 6.08 Å². The maximum atomic E-state index is 4.28. The molecule has 0 saturated heterocycles. The first-order valence-electron chi connectivity index (χ1n) is 5.18. The van der Waals surface area contributed by atoms with Crippen LogP contribution in [-0.4, -0.2) is 9.55 Å². The second kappa shape index (κ2) is 6.19. The van der Waals surface area contributed by atoms with Crippen LogP contribution in [0.3, 0.4) is 0 Å². The first kappa shape index (κ1) is 10.8. The Labute approximate surface area is 86.0 Å². The number of hydrogen-bond acceptors (Lipinski definition) is 1. The Morgan fingerprint density at radius 1 is 1.43 bits per heavy atom. The summed E-state index contributed by atoms with van der Waals surface area (Å²) in [4.78, 5) is 4.28. The molecular weight excluding hydrogens is 172 g/mol. The summed E-state index contributed by atoms with van der Waals surface area (Å²) in [5.41, 5.74) is 1.03. The fourth-order valence-electron chi connectivity index (χ4n) is 1.19. The van der Waals surface area contributed by atoms with Crippen molar-refractivity contribution in [2.24, 2.45) is 0 Å². The Morgan fingerprint density at radius 3 is 3.00 bits per heavy atom. The molecule has 1 rings (SSSR count). The molecule has 0 fully saturated rings. The second-order valence-electron chi connectivity index (χ2n) is 3.27. The number of unbranched alkanes of at least 4 members (excludes halogenated alkanes) is 1. The lowest BCUT2D eigenvalue weighted by Gasteiger charge is -1.96. The molecule has 0 atom stereocenters. The van der Waals surface area contributed by atoms with Crippen LogP contribution in [0, 0.1) is 0 Å². The molecule has 0 bridgehead atoms. The molecule has 0 radical (unpaired) electrons. The number of aryl methyl sites for hydroxylation is 1. The highest BCUT2D eigenvalue weighted by atomic mass is 15.0. The van der Waals surface area contributed by atoms with Crippen LogP contribution < -0.4 is 0 Å². The minimum absolute atomic E-state index is 1.03. The topological polar surface area (TPSA) is 17.8 Å². The molecule has 0 aliphatic heterocycles. The molecule has 0 saturated carbocycles. The lowest BCUT2D eigenvalue weighted by molar-refractivity contribution is 0.631. The molecule has 14 heavy (non-hydrogen) atoms. The van der Waals surface area contributed by atoms with Crippen LogP contribution in [0.5, 0.6) is 0 Å². The van der Waals surface area contributed by atoms with Crippen LogP contribution >= 0.6 is 0 Å². The van der Waals surface area contributed by atoms with Gasteiger partial charge in [-0.3, -0.25) is 0 Å². The van der Waals surface area contributed by atoms with Gasteiger partial charge in [-0.2, -0.15) is 0 Å². The molecule has 0 aromatic carbocycles. The highest BCUT2D eigenvalue weighted by molar-refractivity contribution is 5.45. The van der Waals surface area contributed by atoms with Crippen molar-refractivity contribution in [1.29, 1.82) is 0 Å². The quantitative estimate of drug-likeness (QED) is 0.651. The molecule has 1 aromatic rings. The van der Waals surface area contributed by atoms with Crippen LogP contribution in [0.2, 0.25) is 0 Å². The summed E-state index contributed by atoms with van der Waals surface area (Å²) in [6.07, 6.45) is 14.4. The summed E-state index contributed by atoms with van der Waals surface area (Å²) in [5, 5.41) is 0. The lowest BCUT2D eigenvalue weighted by atomic mass is 10.3. The van der Waals surface area contributed by atoms with E-state index in [0.29, 0.717) is 0 Å². The average Bonchev–Trinajstić information content (AvgIpc) is 2.63. The van der Waals surface area contributed by atoms with Crippen LogP contribution in [0.4, 0.5) is 0 Å². The highest BCUT2D eigenvalue weighted by Crippen LogP contribution is 2.01. The normalized spacial score (nSPS) is 11.9. The monoisotopic (exact) mass is 190 g/mol. The third-order valence-corrected chi connectivity index (χ3v) is 1.99. The molecule has 0 amide bonds. The van der Waals surface area contributed by atoms with Crippen molar-refractivity contribution < 1.29 is 0 Å². The van der Waals surface area contributed by atoms with Gasteiger partial charge in [0, 0.05) is 12.7 Å². The summed E-state index contributed by atoms with van der Waals surface area (Å²) in [6, 6.07) is 0. The first-order valence-corrected chi connectivity index (χ1v) is 5.18. The van der Waals surface area contributed by atoms with Crippen LogP contribution in [-0.2, 0) is 6.54 Å². The largest absolute Gasteiger partial charge is 0.337 e. The fraction of sp³-hybridized carbons (Fsp3) is 0.417. The van der Waals surface area contributed by atoms with E-state index in [-0.39, 0.29) is 0 Å². The van der Waals surface area contributed by atoms with Crippen molar-refractivity contribution in [2.75, 3.05) is 0 Å². The zero-order chi connectivity index (χ0) is 10.2. The molecule has 0 N–H and O–H groups in total. The maximum absolute atomic E-state index is 4.28. The van der Waals surface area contributed by atoms with E-state index < -0.39 is 0 Å². The molecule has 0 aliphatic carbocycles. The Hall–Kier alpha value is -1.31. The second-order valence-corrected chi connectivity index (χ2v) is 3.27. The molecule has 0 spiro atoms. The zero-order valence-electron chi connectivity index (χ0n) is 8.98. The van der Waals surface area contributed by atoms with Crippen molar-refractivity contribution in [3.63, 3.8) is 0 Å². The number of rotatable bonds is 5. The van der Waals surface area contributed by atoms with Gasteiger partial charge in [0.2, 0.25) is 0 Å². The van der Waals surface area contributed by atoms with Gasteiger partial charge in [-0.15, -0.1) is 0 Å². The zero-order valence-corrected chi connectivity index (χ0v) is 8.98. The summed E-state index contributed by atoms with van der Waals surface area (Å²) in [7, 11) is 0. The molecular formula is C12H18N2. The lowest BCUT2D eigenvalue weighted by Crippen LogP contribution is -1.92. The third-order valence-electron chi connectivity index (χ3n) is 1.99. The van der Waals surface area contributed by atoms with Crippen molar-refractivity contribution in [3.05, 3.63) is 36.4 Å². The van der Waals surface area contributed by atoms with E-state index in [1.54, 1.807) is 0 Å². The standard InChI is InChI=1S/C12H18N2/c1-3-5-7-8-12-10-14(11-13-12)9-6-4-2/h3,5,7-8,10-11H,4,6,9H2,1-2H3/b5-3-,8-7-. The van der Waals surface area contributed by atoms with Crippen LogP contribution in [0.15, 0.2) is 30.8 Å². The Bertz CT molecular complexity index is 308. The number of nitrogens with zero attached hydrogens (tertiary/aromatic N) is 2. The average molecular weight is 190 g/mol. The minimum Gasteiger partial charge on any atom is -0.337 e. The van der Waals surface area contributed by atoms with Gasteiger partial charge < -0.3 is 4.57 Å². The predicted molar refractivity (Wildman–Crippen MR) is 61.0 cm³/mol. The van der Waals surface area contributed by atoms with E-state index in [4.69, 9.17) is 0 Å². The smallest absolute Gasteiger partial charge is 0.0953 e. The summed E-state index contributed by atoms with van der Waals surface area (Å²) in [5.74, 6) is 0. The molecule has 2 nitrogen and oxygen atoms in total. The van der Waals surface area contributed by atoms with E-state index in [1.807, 2.05) is 37.6 Å². The van der Waals surface area contributed by atoms with E-state index in [9.17, 15) is 0 Å². The number of hydrogen-bond donors (Lipinski definition) is 0. The van der Waals surface area contributed by atoms with Gasteiger partial charge in [-0.1, -0.05) is 31.6 Å². The SMILES string of the molecule is C/C=C\C=C/c1cn(CCCC)cn1. The number of allylic oxidation sites excluding steroid dienone is 3. The summed E-state index contributed by atoms with van der Waals surface area (Å²) >= 11 is 0. The molecule has 1 heterocycles. The van der Waals surface area contributed by atoms with Gasteiger partial charge in [0.25, 0.3) is 0 Å². The molecule has 0 aliphatic rings. The Kier molecular flexibility index (Phi) is 4.76. The van der Waals surface area contributed by atoms with Gasteiger partial charge in [0.1, 0.15) is 0 Å². The van der Waals surface area contributed by atoms with E-state index in [0.717, 1.165) is 12.2 Å². The van der Waals surface area contributed by atoms with Crippen LogP contribution in [0.25, 0.3) is 6.08 Å². The molecule has 1 aromatic heterocycles. The Morgan fingerprint density at radius 2 is 2.29 bits per heavy atom. The first-order chi connectivity index (χ1) is 6.86. The van der Waals surface area contributed by atoms with Crippen molar-refractivity contribution in [1.82, 2.24) is 9.55 Å². The van der Waals surface area contributed by atoms with Crippen LogP contribution in [0.1, 0.15) is 32.4 Å². The maximum Gasteiger partial charge on any atom is 0.0953 e. The van der Waals surface area contributed by atoms with Gasteiger partial charge in [0.15, 0.2) is 0 Å². The minimum atomic E-state index is 1.03. The Balaban J connectivity index is 2.50. The summed E-state index contributed by atoms with van der Waals surface area (Å²) in [6.45, 7) is 5.27. The predicted octanol–water partition coefficient (Wildman–Crippen LogP) is 3.27. The molecule has 2 heteroatoms. The van der Waals surface area contributed by atoms with E-state index in [2.05, 4.69) is 22.7 Å². The summed E-state index contributed by atoms with van der Waals surface area (Å²) < 4.78 is 2.14. The fourth-order valence-corrected chi connectivity index (χ4v) is 1.19. The van der Waals surface area contributed by atoms with Crippen molar-refractivity contribution in [3.8, 4) is 0 Å². The van der Waals surface area contributed by atoms with Gasteiger partial charge in [-0.25, -0.2) is 4.98 Å². The van der Waals surface area contributed by atoms with Gasteiger partial charge in [0.05, 0.1) is 12.0 Å². The highest BCUT2D eigenvalue weighted by Gasteiger charge is 1.93. The number of aromatic nitrogens is 2. The van der Waals surface area contributed by atoms with Gasteiger partial charge in [-0.05, 0) is 19.4 Å². The number of imidazole rings is 1.